The minimum atomic E-state index is -0.949. The molecule has 0 amide bonds. The molecule has 26 heavy (non-hydrogen) atoms. The average molecular weight is 344 g/mol. The van der Waals surface area contributed by atoms with Gasteiger partial charge in [-0.1, -0.05) is 90.5 Å². The standard InChI is InChI=1S/C23H20O3/c1-17-12-14-19(15-13-17)22(25)23(20-10-6-3-7-11-20)26-21(24)16-18-8-4-2-5-9-18/h2-15,23H,16H2,1H3/t23-/m1/s1. The summed E-state index contributed by atoms with van der Waals surface area (Å²) in [7, 11) is 0. The monoisotopic (exact) mass is 344 g/mol. The van der Waals surface area contributed by atoms with E-state index in [1.165, 1.54) is 0 Å². The highest BCUT2D eigenvalue weighted by atomic mass is 16.5. The van der Waals surface area contributed by atoms with E-state index in [-0.39, 0.29) is 12.2 Å². The van der Waals surface area contributed by atoms with E-state index in [1.54, 1.807) is 24.3 Å². The third kappa shape index (κ3) is 4.45. The van der Waals surface area contributed by atoms with E-state index >= 15 is 0 Å². The molecule has 0 saturated carbocycles. The van der Waals surface area contributed by atoms with Crippen molar-refractivity contribution in [3.63, 3.8) is 0 Å². The first-order valence-corrected chi connectivity index (χ1v) is 8.53. The van der Waals surface area contributed by atoms with Crippen LogP contribution in [-0.2, 0) is 16.0 Å². The van der Waals surface area contributed by atoms with Crippen LogP contribution in [-0.4, -0.2) is 11.8 Å². The minimum absolute atomic E-state index is 0.130. The van der Waals surface area contributed by atoms with Crippen LogP contribution in [0.15, 0.2) is 84.9 Å². The largest absolute Gasteiger partial charge is 0.449 e. The fourth-order valence-corrected chi connectivity index (χ4v) is 2.71. The molecule has 3 aromatic carbocycles. The molecule has 0 aliphatic rings. The van der Waals surface area contributed by atoms with E-state index in [0.29, 0.717) is 11.1 Å². The topological polar surface area (TPSA) is 43.4 Å². The summed E-state index contributed by atoms with van der Waals surface area (Å²) in [6.07, 6.45) is -0.819. The molecule has 3 heteroatoms. The van der Waals surface area contributed by atoms with Crippen LogP contribution < -0.4 is 0 Å². The van der Waals surface area contributed by atoms with Gasteiger partial charge >= 0.3 is 5.97 Å². The molecule has 3 rings (SSSR count). The maximum Gasteiger partial charge on any atom is 0.311 e. The van der Waals surface area contributed by atoms with E-state index in [9.17, 15) is 9.59 Å². The SMILES string of the molecule is Cc1ccc(C(=O)[C@H](OC(=O)Cc2ccccc2)c2ccccc2)cc1. The molecule has 0 saturated heterocycles. The molecule has 0 radical (unpaired) electrons. The van der Waals surface area contributed by atoms with Crippen molar-refractivity contribution in [3.05, 3.63) is 107 Å². The average Bonchev–Trinajstić information content (AvgIpc) is 2.68. The molecule has 0 fully saturated rings. The van der Waals surface area contributed by atoms with Gasteiger partial charge in [-0.05, 0) is 12.5 Å². The summed E-state index contributed by atoms with van der Waals surface area (Å²) in [6.45, 7) is 1.96. The third-order valence-electron chi connectivity index (χ3n) is 4.12. The Hall–Kier alpha value is -3.20. The Morgan fingerprint density at radius 1 is 0.808 bits per heavy atom. The molecule has 0 aliphatic carbocycles. The lowest BCUT2D eigenvalue weighted by atomic mass is 9.99. The minimum Gasteiger partial charge on any atom is -0.449 e. The van der Waals surface area contributed by atoms with Crippen molar-refractivity contribution >= 4 is 11.8 Å². The van der Waals surface area contributed by atoms with Gasteiger partial charge in [-0.25, -0.2) is 0 Å². The van der Waals surface area contributed by atoms with Gasteiger partial charge in [0, 0.05) is 11.1 Å². The van der Waals surface area contributed by atoms with Crippen LogP contribution in [0.3, 0.4) is 0 Å². The molecule has 0 N–H and O–H groups in total. The molecule has 130 valence electrons. The van der Waals surface area contributed by atoms with Gasteiger partial charge in [0.15, 0.2) is 6.10 Å². The molecule has 0 bridgehead atoms. The number of benzene rings is 3. The first-order chi connectivity index (χ1) is 12.6. The second kappa shape index (κ2) is 8.26. The molecule has 3 nitrogen and oxygen atoms in total. The third-order valence-corrected chi connectivity index (χ3v) is 4.12. The van der Waals surface area contributed by atoms with Gasteiger partial charge < -0.3 is 4.74 Å². The highest BCUT2D eigenvalue weighted by Crippen LogP contribution is 2.23. The number of ether oxygens (including phenoxy) is 1. The maximum absolute atomic E-state index is 13.0. The predicted octanol–water partition coefficient (Wildman–Crippen LogP) is 4.70. The van der Waals surface area contributed by atoms with Crippen LogP contribution in [0.25, 0.3) is 0 Å². The van der Waals surface area contributed by atoms with E-state index in [0.717, 1.165) is 11.1 Å². The molecule has 3 aromatic rings. The summed E-state index contributed by atoms with van der Waals surface area (Å²) in [5, 5.41) is 0. The fourth-order valence-electron chi connectivity index (χ4n) is 2.71. The maximum atomic E-state index is 13.0. The Bertz CT molecular complexity index is 868. The zero-order valence-corrected chi connectivity index (χ0v) is 14.6. The Morgan fingerprint density at radius 2 is 1.38 bits per heavy atom. The van der Waals surface area contributed by atoms with E-state index < -0.39 is 12.1 Å². The number of esters is 1. The smallest absolute Gasteiger partial charge is 0.311 e. The molecular weight excluding hydrogens is 324 g/mol. The van der Waals surface area contributed by atoms with E-state index in [2.05, 4.69) is 0 Å². The Morgan fingerprint density at radius 3 is 2.00 bits per heavy atom. The van der Waals surface area contributed by atoms with Crippen molar-refractivity contribution in [1.29, 1.82) is 0 Å². The lowest BCUT2D eigenvalue weighted by Gasteiger charge is -2.17. The van der Waals surface area contributed by atoms with Gasteiger partial charge in [0.25, 0.3) is 0 Å². The molecular formula is C23H20O3. The van der Waals surface area contributed by atoms with Crippen LogP contribution >= 0.6 is 0 Å². The molecule has 0 spiro atoms. The summed E-state index contributed by atoms with van der Waals surface area (Å²) in [5.74, 6) is -0.650. The van der Waals surface area contributed by atoms with Gasteiger partial charge in [-0.2, -0.15) is 0 Å². The number of Topliss-reactive ketones (excluding diaryl/α,β-unsaturated/α-hetero) is 1. The summed E-state index contributed by atoms with van der Waals surface area (Å²) in [4.78, 5) is 25.4. The molecule has 1 atom stereocenters. The zero-order chi connectivity index (χ0) is 18.4. The number of aryl methyl sites for hydroxylation is 1. The lowest BCUT2D eigenvalue weighted by Crippen LogP contribution is -2.21. The van der Waals surface area contributed by atoms with Crippen LogP contribution in [0.5, 0.6) is 0 Å². The first kappa shape index (κ1) is 17.6. The van der Waals surface area contributed by atoms with E-state index in [4.69, 9.17) is 4.74 Å². The van der Waals surface area contributed by atoms with E-state index in [1.807, 2.05) is 67.6 Å². The Balaban J connectivity index is 1.83. The van der Waals surface area contributed by atoms with Crippen LogP contribution in [0, 0.1) is 6.92 Å². The second-order valence-corrected chi connectivity index (χ2v) is 6.17. The van der Waals surface area contributed by atoms with Crippen molar-refractivity contribution in [3.8, 4) is 0 Å². The van der Waals surface area contributed by atoms with Crippen LogP contribution in [0.2, 0.25) is 0 Å². The second-order valence-electron chi connectivity index (χ2n) is 6.17. The summed E-state index contributed by atoms with van der Waals surface area (Å²) >= 11 is 0. The molecule has 0 aromatic heterocycles. The van der Waals surface area contributed by atoms with Gasteiger partial charge in [0.05, 0.1) is 6.42 Å². The number of carbonyl (C=O) groups excluding carboxylic acids is 2. The first-order valence-electron chi connectivity index (χ1n) is 8.53. The summed E-state index contributed by atoms with van der Waals surface area (Å²) in [5.41, 5.74) is 3.11. The summed E-state index contributed by atoms with van der Waals surface area (Å²) < 4.78 is 5.60. The van der Waals surface area contributed by atoms with Gasteiger partial charge in [-0.3, -0.25) is 9.59 Å². The number of carbonyl (C=O) groups is 2. The highest BCUT2D eigenvalue weighted by Gasteiger charge is 2.26. The fraction of sp³-hybridized carbons (Fsp3) is 0.130. The van der Waals surface area contributed by atoms with Crippen LogP contribution in [0.1, 0.15) is 33.2 Å². The van der Waals surface area contributed by atoms with Gasteiger partial charge in [-0.15, -0.1) is 0 Å². The lowest BCUT2D eigenvalue weighted by molar-refractivity contribution is -0.146. The number of hydrogen-bond acceptors (Lipinski definition) is 3. The number of hydrogen-bond donors (Lipinski definition) is 0. The van der Waals surface area contributed by atoms with Crippen LogP contribution in [0.4, 0.5) is 0 Å². The normalized spacial score (nSPS) is 11.6. The molecule has 0 aliphatic heterocycles. The van der Waals surface area contributed by atoms with Crippen molar-refractivity contribution in [2.24, 2.45) is 0 Å². The Kier molecular flexibility index (Phi) is 5.59. The highest BCUT2D eigenvalue weighted by molar-refractivity contribution is 6.01. The van der Waals surface area contributed by atoms with Crippen molar-refractivity contribution < 1.29 is 14.3 Å². The van der Waals surface area contributed by atoms with Crippen molar-refractivity contribution in [2.75, 3.05) is 0 Å². The van der Waals surface area contributed by atoms with Gasteiger partial charge in [0.1, 0.15) is 0 Å². The zero-order valence-electron chi connectivity index (χ0n) is 14.6. The number of rotatable bonds is 6. The van der Waals surface area contributed by atoms with Gasteiger partial charge in [0.2, 0.25) is 5.78 Å². The van der Waals surface area contributed by atoms with Crippen molar-refractivity contribution in [1.82, 2.24) is 0 Å². The summed E-state index contributed by atoms with van der Waals surface area (Å²) in [6, 6.07) is 25.7. The number of ketones is 1. The molecule has 0 heterocycles. The quantitative estimate of drug-likeness (QED) is 0.481. The van der Waals surface area contributed by atoms with Crippen molar-refractivity contribution in [2.45, 2.75) is 19.4 Å². The predicted molar refractivity (Wildman–Crippen MR) is 101 cm³/mol. The Labute approximate surface area is 153 Å². The molecule has 0 unspecified atom stereocenters.